The lowest BCUT2D eigenvalue weighted by molar-refractivity contribution is -0.142. The van der Waals surface area contributed by atoms with E-state index in [4.69, 9.17) is 9.72 Å². The number of ether oxygens (including phenoxy) is 1. The Labute approximate surface area is 206 Å². The first-order valence-corrected chi connectivity index (χ1v) is 12.4. The molecule has 0 spiro atoms. The van der Waals surface area contributed by atoms with Crippen LogP contribution in [0.2, 0.25) is 0 Å². The fourth-order valence-electron chi connectivity index (χ4n) is 4.95. The maximum absolute atomic E-state index is 13.4. The summed E-state index contributed by atoms with van der Waals surface area (Å²) < 4.78 is 4.98. The van der Waals surface area contributed by atoms with Gasteiger partial charge in [-0.05, 0) is 42.4 Å². The fourth-order valence-corrected chi connectivity index (χ4v) is 4.95. The fraction of sp³-hybridized carbons (Fsp3) is 0.429. The molecule has 1 saturated carbocycles. The molecule has 1 amide bonds. The molecule has 1 heterocycles. The van der Waals surface area contributed by atoms with Crippen LogP contribution < -0.4 is 10.6 Å². The average Bonchev–Trinajstić information content (AvgIpc) is 3.40. The molecular formula is C28H34N4O3. The Morgan fingerprint density at radius 2 is 1.69 bits per heavy atom. The van der Waals surface area contributed by atoms with E-state index >= 15 is 0 Å². The standard InChI is InChI=1S/C28H34N4O3/c1-18(2)25(28(34)35-3)32-26-21-15-9-10-16-22(21)30-23(31-26)17-29-27(33)24(20-13-7-8-14-20)19-11-5-4-6-12-19/h4-6,9-12,15-16,18,20,24-25H,7-8,13-14,17H2,1-3H3,(H,29,33)(H,30,31,32)/t24?,25-/m0/s1. The number of rotatable bonds is 9. The van der Waals surface area contributed by atoms with Gasteiger partial charge in [0.15, 0.2) is 5.82 Å². The highest BCUT2D eigenvalue weighted by atomic mass is 16.5. The van der Waals surface area contributed by atoms with Crippen LogP contribution in [0, 0.1) is 11.8 Å². The van der Waals surface area contributed by atoms with Crippen LogP contribution in [0.4, 0.5) is 5.82 Å². The summed E-state index contributed by atoms with van der Waals surface area (Å²) in [6.07, 6.45) is 4.47. The zero-order valence-corrected chi connectivity index (χ0v) is 20.7. The van der Waals surface area contributed by atoms with Crippen molar-refractivity contribution in [2.45, 2.75) is 58.0 Å². The number of methoxy groups -OCH3 is 1. The average molecular weight is 475 g/mol. The van der Waals surface area contributed by atoms with Crippen molar-refractivity contribution in [2.24, 2.45) is 11.8 Å². The van der Waals surface area contributed by atoms with Gasteiger partial charge in [-0.15, -0.1) is 0 Å². The predicted molar refractivity (Wildman–Crippen MR) is 137 cm³/mol. The lowest BCUT2D eigenvalue weighted by atomic mass is 9.84. The van der Waals surface area contributed by atoms with Gasteiger partial charge in [-0.1, -0.05) is 69.2 Å². The highest BCUT2D eigenvalue weighted by molar-refractivity contribution is 5.91. The van der Waals surface area contributed by atoms with Crippen molar-refractivity contribution in [3.05, 3.63) is 66.0 Å². The quantitative estimate of drug-likeness (QED) is 0.432. The molecule has 1 aliphatic rings. The largest absolute Gasteiger partial charge is 0.467 e. The van der Waals surface area contributed by atoms with Crippen LogP contribution in [0.1, 0.15) is 56.8 Å². The van der Waals surface area contributed by atoms with Gasteiger partial charge in [0.25, 0.3) is 0 Å². The third kappa shape index (κ3) is 5.78. The second-order valence-electron chi connectivity index (χ2n) is 9.55. The molecule has 0 saturated heterocycles. The number of hydrogen-bond acceptors (Lipinski definition) is 6. The van der Waals surface area contributed by atoms with Gasteiger partial charge in [-0.25, -0.2) is 14.8 Å². The number of para-hydroxylation sites is 1. The number of benzene rings is 2. The molecule has 184 valence electrons. The highest BCUT2D eigenvalue weighted by Crippen LogP contribution is 2.37. The Balaban J connectivity index is 1.58. The highest BCUT2D eigenvalue weighted by Gasteiger charge is 2.32. The Bertz CT molecular complexity index is 1160. The first-order valence-electron chi connectivity index (χ1n) is 12.4. The zero-order chi connectivity index (χ0) is 24.8. The lowest BCUT2D eigenvalue weighted by Crippen LogP contribution is -2.36. The van der Waals surface area contributed by atoms with Crippen LogP contribution in [0.25, 0.3) is 10.9 Å². The van der Waals surface area contributed by atoms with E-state index in [2.05, 4.69) is 15.6 Å². The summed E-state index contributed by atoms with van der Waals surface area (Å²) in [6.45, 7) is 4.11. The Kier molecular flexibility index (Phi) is 7.95. The molecule has 4 rings (SSSR count). The number of carbonyl (C=O) groups excluding carboxylic acids is 2. The Hall–Kier alpha value is -3.48. The van der Waals surface area contributed by atoms with Gasteiger partial charge in [0.1, 0.15) is 11.9 Å². The third-order valence-corrected chi connectivity index (χ3v) is 6.80. The Morgan fingerprint density at radius 3 is 2.37 bits per heavy atom. The summed E-state index contributed by atoms with van der Waals surface area (Å²) in [6, 6.07) is 17.1. The topological polar surface area (TPSA) is 93.2 Å². The van der Waals surface area contributed by atoms with Crippen molar-refractivity contribution in [1.29, 1.82) is 0 Å². The van der Waals surface area contributed by atoms with E-state index in [1.807, 2.05) is 68.4 Å². The Morgan fingerprint density at radius 1 is 1.00 bits per heavy atom. The van der Waals surface area contributed by atoms with Crippen LogP contribution >= 0.6 is 0 Å². The lowest BCUT2D eigenvalue weighted by Gasteiger charge is -2.23. The van der Waals surface area contributed by atoms with Crippen LogP contribution in [0.3, 0.4) is 0 Å². The molecule has 7 heteroatoms. The number of anilines is 1. The molecule has 0 bridgehead atoms. The summed E-state index contributed by atoms with van der Waals surface area (Å²) in [5.74, 6) is 0.867. The number of esters is 1. The van der Waals surface area contributed by atoms with Gasteiger partial charge in [-0.2, -0.15) is 0 Å². The van der Waals surface area contributed by atoms with Gasteiger partial charge < -0.3 is 15.4 Å². The van der Waals surface area contributed by atoms with Gasteiger partial charge in [0, 0.05) is 5.39 Å². The number of aromatic nitrogens is 2. The van der Waals surface area contributed by atoms with Crippen LogP contribution in [0.5, 0.6) is 0 Å². The number of carbonyl (C=O) groups is 2. The molecule has 7 nitrogen and oxygen atoms in total. The molecule has 1 aromatic heterocycles. The maximum Gasteiger partial charge on any atom is 0.328 e. The normalized spacial score (nSPS) is 15.7. The van der Waals surface area contributed by atoms with Crippen molar-refractivity contribution in [3.8, 4) is 0 Å². The molecule has 1 unspecified atom stereocenters. The van der Waals surface area contributed by atoms with E-state index in [1.54, 1.807) is 0 Å². The summed E-state index contributed by atoms with van der Waals surface area (Å²) in [7, 11) is 1.38. The van der Waals surface area contributed by atoms with Gasteiger partial charge in [-0.3, -0.25) is 4.79 Å². The minimum atomic E-state index is -0.550. The number of nitrogens with one attached hydrogen (secondary N) is 2. The maximum atomic E-state index is 13.4. The van der Waals surface area contributed by atoms with E-state index in [9.17, 15) is 9.59 Å². The van der Waals surface area contributed by atoms with E-state index in [-0.39, 0.29) is 30.3 Å². The monoisotopic (exact) mass is 474 g/mol. The second-order valence-corrected chi connectivity index (χ2v) is 9.55. The number of nitrogens with zero attached hydrogens (tertiary/aromatic N) is 2. The molecule has 2 atom stereocenters. The first kappa shape index (κ1) is 24.6. The summed E-state index contributed by atoms with van der Waals surface area (Å²) in [5, 5.41) is 7.16. The van der Waals surface area contributed by atoms with E-state index in [0.29, 0.717) is 17.6 Å². The molecule has 35 heavy (non-hydrogen) atoms. The number of amides is 1. The predicted octanol–water partition coefficient (Wildman–Crippen LogP) is 4.83. The summed E-state index contributed by atoms with van der Waals surface area (Å²) in [4.78, 5) is 35.1. The molecule has 2 aromatic carbocycles. The minimum Gasteiger partial charge on any atom is -0.467 e. The SMILES string of the molecule is COC(=O)[C@@H](Nc1nc(CNC(=O)C(c2ccccc2)C2CCCC2)nc2ccccc12)C(C)C. The van der Waals surface area contributed by atoms with Crippen molar-refractivity contribution in [1.82, 2.24) is 15.3 Å². The molecular weight excluding hydrogens is 440 g/mol. The molecule has 2 N–H and O–H groups in total. The molecule has 0 aliphatic heterocycles. The van der Waals surface area contributed by atoms with Crippen molar-refractivity contribution >= 4 is 28.6 Å². The van der Waals surface area contributed by atoms with Crippen LogP contribution in [0.15, 0.2) is 54.6 Å². The number of hydrogen-bond donors (Lipinski definition) is 2. The van der Waals surface area contributed by atoms with Crippen molar-refractivity contribution in [2.75, 3.05) is 12.4 Å². The van der Waals surface area contributed by atoms with E-state index in [0.717, 1.165) is 29.3 Å². The molecule has 0 radical (unpaired) electrons. The van der Waals surface area contributed by atoms with Gasteiger partial charge in [0.2, 0.25) is 5.91 Å². The molecule has 1 aliphatic carbocycles. The molecule has 3 aromatic rings. The zero-order valence-electron chi connectivity index (χ0n) is 20.7. The summed E-state index contributed by atoms with van der Waals surface area (Å²) in [5.41, 5.74) is 1.80. The van der Waals surface area contributed by atoms with Crippen molar-refractivity contribution < 1.29 is 14.3 Å². The van der Waals surface area contributed by atoms with E-state index in [1.165, 1.54) is 20.0 Å². The van der Waals surface area contributed by atoms with Crippen molar-refractivity contribution in [3.63, 3.8) is 0 Å². The number of fused-ring (bicyclic) bond motifs is 1. The third-order valence-electron chi connectivity index (χ3n) is 6.80. The minimum absolute atomic E-state index is 0.00243. The van der Waals surface area contributed by atoms with Gasteiger partial charge >= 0.3 is 5.97 Å². The van der Waals surface area contributed by atoms with Crippen LogP contribution in [-0.2, 0) is 20.9 Å². The van der Waals surface area contributed by atoms with E-state index < -0.39 is 6.04 Å². The van der Waals surface area contributed by atoms with Crippen LogP contribution in [-0.4, -0.2) is 35.0 Å². The second kappa shape index (κ2) is 11.3. The first-order chi connectivity index (χ1) is 17.0. The van der Waals surface area contributed by atoms with Gasteiger partial charge in [0.05, 0.1) is 25.1 Å². The molecule has 1 fully saturated rings. The summed E-state index contributed by atoms with van der Waals surface area (Å²) >= 11 is 0. The smallest absolute Gasteiger partial charge is 0.328 e.